The zero-order valence-electron chi connectivity index (χ0n) is 17.7. The summed E-state index contributed by atoms with van der Waals surface area (Å²) in [6, 6.07) is 20.1. The molecule has 2 aliphatic heterocycles. The van der Waals surface area contributed by atoms with Crippen LogP contribution < -0.4 is 0 Å². The van der Waals surface area contributed by atoms with Crippen LogP contribution in [0.15, 0.2) is 60.7 Å². The quantitative estimate of drug-likeness (QED) is 0.755. The van der Waals surface area contributed by atoms with Crippen molar-refractivity contribution in [3.63, 3.8) is 0 Å². The highest BCUT2D eigenvalue weighted by atomic mass is 16.2. The van der Waals surface area contributed by atoms with Gasteiger partial charge in [0.05, 0.1) is 5.92 Å². The predicted molar refractivity (Wildman–Crippen MR) is 119 cm³/mol. The van der Waals surface area contributed by atoms with Gasteiger partial charge < -0.3 is 9.80 Å². The maximum Gasteiger partial charge on any atom is 0.234 e. The Balaban J connectivity index is 1.44. The molecule has 2 saturated heterocycles. The highest BCUT2D eigenvalue weighted by Gasteiger charge is 2.33. The number of rotatable bonds is 4. The molecule has 2 heterocycles. The minimum Gasteiger partial charge on any atom is -0.342 e. The molecule has 0 radical (unpaired) electrons. The van der Waals surface area contributed by atoms with Crippen molar-refractivity contribution in [2.24, 2.45) is 5.92 Å². The van der Waals surface area contributed by atoms with Crippen LogP contribution in [0.3, 0.4) is 0 Å². The summed E-state index contributed by atoms with van der Waals surface area (Å²) in [6.07, 6.45) is 6.26. The second kappa shape index (κ2) is 9.92. The molecule has 0 aliphatic carbocycles. The maximum absolute atomic E-state index is 13.6. The molecule has 0 saturated carbocycles. The van der Waals surface area contributed by atoms with Crippen molar-refractivity contribution in [3.05, 3.63) is 71.8 Å². The van der Waals surface area contributed by atoms with Crippen molar-refractivity contribution < 1.29 is 9.59 Å². The fraction of sp³-hybridized carbons (Fsp3) is 0.462. The Hall–Kier alpha value is -2.62. The third kappa shape index (κ3) is 4.75. The standard InChI is InChI=1S/C26H32N2O2/c29-25(27-17-9-1-2-10-18-27)23-15-19-28(20-16-23)26(30)24(21-11-5-3-6-12-21)22-13-7-4-8-14-22/h3-8,11-14,23-24H,1-2,9-10,15-20H2. The minimum absolute atomic E-state index is 0.0686. The van der Waals surface area contributed by atoms with E-state index in [1.54, 1.807) is 0 Å². The lowest BCUT2D eigenvalue weighted by Crippen LogP contribution is -2.46. The monoisotopic (exact) mass is 404 g/mol. The van der Waals surface area contributed by atoms with Crippen molar-refractivity contribution in [3.8, 4) is 0 Å². The number of hydrogen-bond acceptors (Lipinski definition) is 2. The van der Waals surface area contributed by atoms with Crippen molar-refractivity contribution in [2.45, 2.75) is 44.4 Å². The van der Waals surface area contributed by atoms with Crippen LogP contribution >= 0.6 is 0 Å². The molecule has 4 rings (SSSR count). The van der Waals surface area contributed by atoms with Gasteiger partial charge in [0.1, 0.15) is 0 Å². The van der Waals surface area contributed by atoms with Gasteiger partial charge in [0.15, 0.2) is 0 Å². The molecule has 2 fully saturated rings. The Kier molecular flexibility index (Phi) is 6.83. The van der Waals surface area contributed by atoms with Gasteiger partial charge in [-0.1, -0.05) is 73.5 Å². The van der Waals surface area contributed by atoms with E-state index >= 15 is 0 Å². The van der Waals surface area contributed by atoms with Crippen LogP contribution in [0.25, 0.3) is 0 Å². The highest BCUT2D eigenvalue weighted by Crippen LogP contribution is 2.29. The molecule has 158 valence electrons. The van der Waals surface area contributed by atoms with Crippen LogP contribution in [-0.2, 0) is 9.59 Å². The second-order valence-corrected chi connectivity index (χ2v) is 8.59. The number of amides is 2. The number of piperidine rings is 1. The summed E-state index contributed by atoms with van der Waals surface area (Å²) in [5, 5.41) is 0. The van der Waals surface area contributed by atoms with Gasteiger partial charge in [-0.2, -0.15) is 0 Å². The Morgan fingerprint density at radius 3 is 1.67 bits per heavy atom. The molecular formula is C26H32N2O2. The molecule has 0 bridgehead atoms. The first-order chi connectivity index (χ1) is 14.7. The van der Waals surface area contributed by atoms with Gasteiger partial charge in [0.2, 0.25) is 11.8 Å². The van der Waals surface area contributed by atoms with E-state index in [0.717, 1.165) is 49.9 Å². The normalized spacial score (nSPS) is 18.3. The second-order valence-electron chi connectivity index (χ2n) is 8.59. The van der Waals surface area contributed by atoms with E-state index in [-0.39, 0.29) is 17.7 Å². The molecule has 0 N–H and O–H groups in total. The van der Waals surface area contributed by atoms with E-state index < -0.39 is 0 Å². The number of nitrogens with zero attached hydrogens (tertiary/aromatic N) is 2. The highest BCUT2D eigenvalue weighted by molar-refractivity contribution is 5.87. The number of hydrogen-bond donors (Lipinski definition) is 0. The molecule has 2 aromatic carbocycles. The van der Waals surface area contributed by atoms with Gasteiger partial charge in [-0.25, -0.2) is 0 Å². The summed E-state index contributed by atoms with van der Waals surface area (Å²) in [6.45, 7) is 3.14. The first kappa shape index (κ1) is 20.6. The Bertz CT molecular complexity index is 781. The lowest BCUT2D eigenvalue weighted by Gasteiger charge is -2.36. The summed E-state index contributed by atoms with van der Waals surface area (Å²) in [5.74, 6) is 0.240. The van der Waals surface area contributed by atoms with Gasteiger partial charge in [0.25, 0.3) is 0 Å². The van der Waals surface area contributed by atoms with Gasteiger partial charge in [0, 0.05) is 32.1 Å². The number of carbonyl (C=O) groups excluding carboxylic acids is 2. The smallest absolute Gasteiger partial charge is 0.234 e. The first-order valence-electron chi connectivity index (χ1n) is 11.4. The number of likely N-dealkylation sites (tertiary alicyclic amines) is 2. The van der Waals surface area contributed by atoms with E-state index in [4.69, 9.17) is 0 Å². The summed E-state index contributed by atoms with van der Waals surface area (Å²) < 4.78 is 0. The fourth-order valence-corrected chi connectivity index (χ4v) is 4.85. The molecule has 0 atom stereocenters. The molecule has 2 aliphatic rings. The molecule has 4 heteroatoms. The Labute approximate surface area is 179 Å². The topological polar surface area (TPSA) is 40.6 Å². The average Bonchev–Trinajstić information content (AvgIpc) is 3.10. The van der Waals surface area contributed by atoms with Gasteiger partial charge in [-0.15, -0.1) is 0 Å². The van der Waals surface area contributed by atoms with Crippen molar-refractivity contribution in [1.29, 1.82) is 0 Å². The van der Waals surface area contributed by atoms with Gasteiger partial charge in [-0.05, 0) is 36.8 Å². The van der Waals surface area contributed by atoms with Gasteiger partial charge >= 0.3 is 0 Å². The summed E-state index contributed by atoms with van der Waals surface area (Å²) >= 11 is 0. The Morgan fingerprint density at radius 1 is 0.667 bits per heavy atom. The van der Waals surface area contributed by atoms with Crippen LogP contribution in [0.2, 0.25) is 0 Å². The third-order valence-electron chi connectivity index (χ3n) is 6.59. The van der Waals surface area contributed by atoms with Crippen LogP contribution in [-0.4, -0.2) is 47.8 Å². The molecular weight excluding hydrogens is 372 g/mol. The Morgan fingerprint density at radius 2 is 1.17 bits per heavy atom. The molecule has 0 unspecified atom stereocenters. The van der Waals surface area contributed by atoms with Crippen molar-refractivity contribution in [1.82, 2.24) is 9.80 Å². The molecule has 2 aromatic rings. The van der Waals surface area contributed by atoms with E-state index in [2.05, 4.69) is 4.90 Å². The zero-order valence-corrected chi connectivity index (χ0v) is 17.7. The SMILES string of the molecule is O=C(C1CCN(C(=O)C(c2ccccc2)c2ccccc2)CC1)N1CCCCCC1. The largest absolute Gasteiger partial charge is 0.342 e. The molecule has 30 heavy (non-hydrogen) atoms. The van der Waals surface area contributed by atoms with E-state index in [0.29, 0.717) is 19.0 Å². The maximum atomic E-state index is 13.6. The lowest BCUT2D eigenvalue weighted by atomic mass is 9.88. The van der Waals surface area contributed by atoms with Crippen LogP contribution in [0.5, 0.6) is 0 Å². The first-order valence-corrected chi connectivity index (χ1v) is 11.4. The summed E-state index contributed by atoms with van der Waals surface area (Å²) in [5.41, 5.74) is 2.05. The van der Waals surface area contributed by atoms with Crippen molar-refractivity contribution >= 4 is 11.8 Å². The fourth-order valence-electron chi connectivity index (χ4n) is 4.85. The molecule has 4 nitrogen and oxygen atoms in total. The summed E-state index contributed by atoms with van der Waals surface area (Å²) in [4.78, 5) is 30.6. The van der Waals surface area contributed by atoms with Crippen molar-refractivity contribution in [2.75, 3.05) is 26.2 Å². The molecule has 0 aromatic heterocycles. The zero-order chi connectivity index (χ0) is 20.8. The summed E-state index contributed by atoms with van der Waals surface area (Å²) in [7, 11) is 0. The average molecular weight is 405 g/mol. The van der Waals surface area contributed by atoms with Crippen LogP contribution in [0.1, 0.15) is 55.6 Å². The van der Waals surface area contributed by atoms with Crippen LogP contribution in [0.4, 0.5) is 0 Å². The van der Waals surface area contributed by atoms with E-state index in [1.165, 1.54) is 12.8 Å². The van der Waals surface area contributed by atoms with E-state index in [1.807, 2.05) is 65.6 Å². The molecule has 2 amide bonds. The van der Waals surface area contributed by atoms with E-state index in [9.17, 15) is 9.59 Å². The number of carbonyl (C=O) groups is 2. The lowest BCUT2D eigenvalue weighted by molar-refractivity contribution is -0.141. The minimum atomic E-state index is -0.287. The van der Waals surface area contributed by atoms with Crippen LogP contribution in [0, 0.1) is 5.92 Å². The number of benzene rings is 2. The predicted octanol–water partition coefficient (Wildman–Crippen LogP) is 4.46. The van der Waals surface area contributed by atoms with Gasteiger partial charge in [-0.3, -0.25) is 9.59 Å². The molecule has 0 spiro atoms. The third-order valence-corrected chi connectivity index (χ3v) is 6.59.